The minimum Gasteiger partial charge on any atom is -0.207 e. The first kappa shape index (κ1) is 15.8. The van der Waals surface area contributed by atoms with Gasteiger partial charge < -0.3 is 0 Å². The van der Waals surface area contributed by atoms with Crippen molar-refractivity contribution in [3.63, 3.8) is 0 Å². The third kappa shape index (κ3) is 3.35. The van der Waals surface area contributed by atoms with Crippen molar-refractivity contribution in [1.82, 2.24) is 4.31 Å². The van der Waals surface area contributed by atoms with Gasteiger partial charge in [-0.15, -0.1) is 11.6 Å². The Bertz CT molecular complexity index is 551. The molecule has 1 aromatic rings. The van der Waals surface area contributed by atoms with E-state index in [-0.39, 0.29) is 6.04 Å². The summed E-state index contributed by atoms with van der Waals surface area (Å²) in [5, 5.41) is 0. The molecule has 112 valence electrons. The van der Waals surface area contributed by atoms with Crippen molar-refractivity contribution in [1.29, 1.82) is 0 Å². The molecule has 0 aliphatic heterocycles. The fraction of sp³-hybridized carbons (Fsp3) is 0.600. The molecule has 0 radical (unpaired) electrons. The van der Waals surface area contributed by atoms with Gasteiger partial charge in [0.2, 0.25) is 10.0 Å². The van der Waals surface area contributed by atoms with Gasteiger partial charge in [0, 0.05) is 19.0 Å². The number of sulfonamides is 1. The predicted molar refractivity (Wildman–Crippen MR) is 82.4 cm³/mol. The van der Waals surface area contributed by atoms with Crippen LogP contribution in [0.2, 0.25) is 0 Å². The second-order valence-electron chi connectivity index (χ2n) is 5.72. The van der Waals surface area contributed by atoms with Gasteiger partial charge in [0.1, 0.15) is 0 Å². The van der Waals surface area contributed by atoms with Crippen molar-refractivity contribution in [2.45, 2.75) is 49.4 Å². The second-order valence-corrected chi connectivity index (χ2v) is 7.98. The maximum atomic E-state index is 12.7. The summed E-state index contributed by atoms with van der Waals surface area (Å²) in [6.07, 6.45) is 4.11. The Morgan fingerprint density at radius 1 is 1.25 bits per heavy atom. The fourth-order valence-corrected chi connectivity index (χ4v) is 4.41. The Labute approximate surface area is 127 Å². The van der Waals surface area contributed by atoms with Crippen LogP contribution in [0.25, 0.3) is 0 Å². The monoisotopic (exact) mass is 315 g/mol. The Balaban J connectivity index is 2.20. The van der Waals surface area contributed by atoms with Crippen LogP contribution in [-0.4, -0.2) is 25.8 Å². The number of hydrogen-bond acceptors (Lipinski definition) is 2. The van der Waals surface area contributed by atoms with E-state index >= 15 is 0 Å². The summed E-state index contributed by atoms with van der Waals surface area (Å²) in [7, 11) is -1.72. The molecule has 0 aromatic heterocycles. The highest BCUT2D eigenvalue weighted by molar-refractivity contribution is 7.89. The van der Waals surface area contributed by atoms with Crippen LogP contribution in [0, 0.1) is 5.92 Å². The van der Waals surface area contributed by atoms with E-state index in [9.17, 15) is 8.42 Å². The van der Waals surface area contributed by atoms with Crippen molar-refractivity contribution in [2.24, 2.45) is 5.92 Å². The van der Waals surface area contributed by atoms with Crippen molar-refractivity contribution in [3.05, 3.63) is 29.8 Å². The summed E-state index contributed by atoms with van der Waals surface area (Å²) < 4.78 is 26.9. The molecule has 1 fully saturated rings. The first-order valence-corrected chi connectivity index (χ1v) is 9.05. The molecule has 1 aliphatic carbocycles. The zero-order valence-electron chi connectivity index (χ0n) is 12.0. The minimum atomic E-state index is -3.41. The summed E-state index contributed by atoms with van der Waals surface area (Å²) in [6, 6.07) is 7.03. The van der Waals surface area contributed by atoms with Gasteiger partial charge in [0.25, 0.3) is 0 Å². The van der Waals surface area contributed by atoms with Gasteiger partial charge in [0.05, 0.1) is 4.90 Å². The van der Waals surface area contributed by atoms with Crippen molar-refractivity contribution >= 4 is 21.6 Å². The Morgan fingerprint density at radius 3 is 2.50 bits per heavy atom. The number of hydrogen-bond donors (Lipinski definition) is 0. The van der Waals surface area contributed by atoms with E-state index in [4.69, 9.17) is 11.6 Å². The topological polar surface area (TPSA) is 37.4 Å². The highest BCUT2D eigenvalue weighted by Gasteiger charge is 2.30. The van der Waals surface area contributed by atoms with E-state index in [0.29, 0.717) is 16.7 Å². The summed E-state index contributed by atoms with van der Waals surface area (Å²) in [5.41, 5.74) is 0.832. The average molecular weight is 316 g/mol. The maximum Gasteiger partial charge on any atom is 0.243 e. The molecule has 5 heteroatoms. The van der Waals surface area contributed by atoms with Gasteiger partial charge in [0.15, 0.2) is 0 Å². The molecule has 1 aromatic carbocycles. The molecule has 0 spiro atoms. The van der Waals surface area contributed by atoms with Crippen LogP contribution in [0.15, 0.2) is 29.2 Å². The first-order valence-electron chi connectivity index (χ1n) is 7.08. The van der Waals surface area contributed by atoms with Crippen LogP contribution in [-0.2, 0) is 15.9 Å². The van der Waals surface area contributed by atoms with Crippen LogP contribution in [0.5, 0.6) is 0 Å². The maximum absolute atomic E-state index is 12.7. The molecule has 1 aliphatic rings. The largest absolute Gasteiger partial charge is 0.243 e. The molecule has 0 amide bonds. The molecule has 0 saturated heterocycles. The zero-order chi connectivity index (χ0) is 14.8. The Kier molecular flexibility index (Phi) is 5.10. The summed E-state index contributed by atoms with van der Waals surface area (Å²) >= 11 is 5.78. The van der Waals surface area contributed by atoms with Gasteiger partial charge in [-0.25, -0.2) is 8.42 Å². The molecule has 0 N–H and O–H groups in total. The second kappa shape index (κ2) is 6.46. The molecule has 2 rings (SSSR count). The molecule has 0 atom stereocenters. The van der Waals surface area contributed by atoms with Crippen LogP contribution in [0.1, 0.15) is 38.2 Å². The van der Waals surface area contributed by atoms with Gasteiger partial charge in [-0.2, -0.15) is 4.31 Å². The molecule has 0 unspecified atom stereocenters. The quantitative estimate of drug-likeness (QED) is 0.796. The van der Waals surface area contributed by atoms with Crippen molar-refractivity contribution < 1.29 is 8.42 Å². The van der Waals surface area contributed by atoms with Crippen LogP contribution in [0.4, 0.5) is 0 Å². The molecule has 20 heavy (non-hydrogen) atoms. The molecule has 3 nitrogen and oxygen atoms in total. The van der Waals surface area contributed by atoms with Gasteiger partial charge in [-0.1, -0.05) is 19.1 Å². The lowest BCUT2D eigenvalue weighted by molar-refractivity contribution is 0.246. The van der Waals surface area contributed by atoms with Gasteiger partial charge >= 0.3 is 0 Å². The number of nitrogens with zero attached hydrogens (tertiary/aromatic N) is 1. The number of halogens is 1. The lowest BCUT2D eigenvalue weighted by Crippen LogP contribution is -2.39. The molecule has 0 heterocycles. The molecular weight excluding hydrogens is 294 g/mol. The highest BCUT2D eigenvalue weighted by atomic mass is 35.5. The van der Waals surface area contributed by atoms with E-state index < -0.39 is 10.0 Å². The van der Waals surface area contributed by atoms with E-state index in [1.165, 1.54) is 0 Å². The first-order chi connectivity index (χ1) is 9.45. The minimum absolute atomic E-state index is 0.121. The fourth-order valence-electron chi connectivity index (χ4n) is 2.76. The third-order valence-corrected chi connectivity index (χ3v) is 6.44. The summed E-state index contributed by atoms with van der Waals surface area (Å²) in [4.78, 5) is 0.344. The molecular formula is C15H22ClNO2S. The summed E-state index contributed by atoms with van der Waals surface area (Å²) in [5.74, 6) is 1.04. The normalized spacial score (nSPS) is 24.0. The number of alkyl halides is 1. The van der Waals surface area contributed by atoms with Crippen molar-refractivity contribution in [2.75, 3.05) is 7.05 Å². The predicted octanol–water partition coefficient (Wildman–Crippen LogP) is 3.62. The van der Waals surface area contributed by atoms with Gasteiger partial charge in [-0.3, -0.25) is 0 Å². The number of benzene rings is 1. The smallest absolute Gasteiger partial charge is 0.207 e. The summed E-state index contributed by atoms with van der Waals surface area (Å²) in [6.45, 7) is 2.23. The van der Waals surface area contributed by atoms with Crippen LogP contribution >= 0.6 is 11.6 Å². The lowest BCUT2D eigenvalue weighted by atomic mass is 9.87. The highest BCUT2D eigenvalue weighted by Crippen LogP contribution is 2.29. The zero-order valence-corrected chi connectivity index (χ0v) is 13.6. The van der Waals surface area contributed by atoms with E-state index in [2.05, 4.69) is 6.92 Å². The van der Waals surface area contributed by atoms with E-state index in [1.54, 1.807) is 29.6 Å². The van der Waals surface area contributed by atoms with E-state index in [0.717, 1.165) is 31.2 Å². The Hall–Kier alpha value is -0.580. The standard InChI is InChI=1S/C15H22ClNO2S/c1-12-6-8-14(9-7-12)17(2)20(18,19)15-5-3-4-13(10-15)11-16/h3-5,10,12,14H,6-9,11H2,1-2H3. The van der Waals surface area contributed by atoms with Gasteiger partial charge in [-0.05, 0) is 49.3 Å². The lowest BCUT2D eigenvalue weighted by Gasteiger charge is -2.32. The third-order valence-electron chi connectivity index (χ3n) is 4.23. The number of rotatable bonds is 4. The molecule has 0 bridgehead atoms. The van der Waals surface area contributed by atoms with Crippen LogP contribution in [0.3, 0.4) is 0 Å². The van der Waals surface area contributed by atoms with Crippen molar-refractivity contribution in [3.8, 4) is 0 Å². The SMILES string of the molecule is CC1CCC(N(C)S(=O)(=O)c2cccc(CCl)c2)CC1. The van der Waals surface area contributed by atoms with E-state index in [1.807, 2.05) is 6.07 Å². The molecule has 1 saturated carbocycles. The van der Waals surface area contributed by atoms with Crippen LogP contribution < -0.4 is 0 Å². The Morgan fingerprint density at radius 2 is 1.90 bits per heavy atom. The average Bonchev–Trinajstić information content (AvgIpc) is 2.47.